The Morgan fingerprint density at radius 1 is 1.00 bits per heavy atom. The van der Waals surface area contributed by atoms with E-state index in [1.165, 1.54) is 0 Å². The van der Waals surface area contributed by atoms with E-state index < -0.39 is 0 Å². The Morgan fingerprint density at radius 3 is 2.62 bits per heavy atom. The Labute approximate surface area is 170 Å². The number of ether oxygens (including phenoxy) is 2. The second-order valence-corrected chi connectivity index (χ2v) is 6.39. The van der Waals surface area contributed by atoms with Gasteiger partial charge in [0.15, 0.2) is 0 Å². The molecule has 1 aromatic heterocycles. The number of anilines is 2. The standard InChI is InChI=1S/C22H24N4O3/c1-15-13-19(21(27)23-12-11-16-7-4-5-10-20(16)29-3)26-22(24-15)25-17-8-6-9-18(14-17)28-2/h4-10,13-14H,11-12H2,1-3H3,(H,23,27)(H,24,25,26). The predicted molar refractivity (Wildman–Crippen MR) is 112 cm³/mol. The highest BCUT2D eigenvalue weighted by Crippen LogP contribution is 2.20. The van der Waals surface area contributed by atoms with Crippen molar-refractivity contribution in [1.82, 2.24) is 15.3 Å². The average Bonchev–Trinajstić information content (AvgIpc) is 2.73. The number of carbonyl (C=O) groups is 1. The summed E-state index contributed by atoms with van der Waals surface area (Å²) in [7, 11) is 3.24. The lowest BCUT2D eigenvalue weighted by Gasteiger charge is -2.11. The molecular formula is C22H24N4O3. The Balaban J connectivity index is 1.66. The number of aromatic nitrogens is 2. The van der Waals surface area contributed by atoms with Crippen molar-refractivity contribution in [3.63, 3.8) is 0 Å². The van der Waals surface area contributed by atoms with Crippen LogP contribution < -0.4 is 20.1 Å². The van der Waals surface area contributed by atoms with Gasteiger partial charge < -0.3 is 20.1 Å². The molecule has 150 valence electrons. The molecule has 3 aromatic rings. The SMILES string of the molecule is COc1cccc(Nc2nc(C)cc(C(=O)NCCc3ccccc3OC)n2)c1. The van der Waals surface area contributed by atoms with Crippen LogP contribution in [0.5, 0.6) is 11.5 Å². The topological polar surface area (TPSA) is 85.4 Å². The molecule has 0 bridgehead atoms. The van der Waals surface area contributed by atoms with Crippen LogP contribution >= 0.6 is 0 Å². The first-order valence-corrected chi connectivity index (χ1v) is 9.26. The summed E-state index contributed by atoms with van der Waals surface area (Å²) in [5, 5.41) is 6.02. The molecule has 0 saturated heterocycles. The van der Waals surface area contributed by atoms with Gasteiger partial charge in [-0.2, -0.15) is 0 Å². The molecule has 0 aliphatic heterocycles. The molecule has 7 heteroatoms. The summed E-state index contributed by atoms with van der Waals surface area (Å²) in [5.74, 6) is 1.63. The molecule has 0 aliphatic rings. The van der Waals surface area contributed by atoms with Crippen LogP contribution in [0.15, 0.2) is 54.6 Å². The smallest absolute Gasteiger partial charge is 0.270 e. The van der Waals surface area contributed by atoms with Crippen LogP contribution in [0.3, 0.4) is 0 Å². The molecule has 7 nitrogen and oxygen atoms in total. The minimum absolute atomic E-state index is 0.251. The summed E-state index contributed by atoms with van der Waals surface area (Å²) in [6, 6.07) is 16.8. The summed E-state index contributed by atoms with van der Waals surface area (Å²) in [6.07, 6.45) is 0.661. The average molecular weight is 392 g/mol. The molecule has 1 heterocycles. The van der Waals surface area contributed by atoms with E-state index in [1.807, 2.05) is 55.5 Å². The van der Waals surface area contributed by atoms with Crippen LogP contribution in [0.1, 0.15) is 21.7 Å². The number of nitrogens with one attached hydrogen (secondary N) is 2. The minimum Gasteiger partial charge on any atom is -0.497 e. The first-order chi connectivity index (χ1) is 14.1. The Bertz CT molecular complexity index is 991. The molecule has 0 spiro atoms. The quantitative estimate of drug-likeness (QED) is 0.610. The lowest BCUT2D eigenvalue weighted by molar-refractivity contribution is 0.0949. The van der Waals surface area contributed by atoms with Gasteiger partial charge in [-0.1, -0.05) is 24.3 Å². The summed E-state index contributed by atoms with van der Waals surface area (Å²) in [5.41, 5.74) is 2.82. The zero-order valence-electron chi connectivity index (χ0n) is 16.7. The maximum Gasteiger partial charge on any atom is 0.270 e. The largest absolute Gasteiger partial charge is 0.497 e. The lowest BCUT2D eigenvalue weighted by Crippen LogP contribution is -2.27. The van der Waals surface area contributed by atoms with Crippen molar-refractivity contribution in [2.24, 2.45) is 0 Å². The zero-order valence-corrected chi connectivity index (χ0v) is 16.7. The van der Waals surface area contributed by atoms with Crippen LogP contribution in [-0.2, 0) is 6.42 Å². The third-order valence-electron chi connectivity index (χ3n) is 4.29. The van der Waals surface area contributed by atoms with Gasteiger partial charge in [0.2, 0.25) is 5.95 Å². The zero-order chi connectivity index (χ0) is 20.6. The van der Waals surface area contributed by atoms with Gasteiger partial charge in [0.25, 0.3) is 5.91 Å². The number of carbonyl (C=O) groups excluding carboxylic acids is 1. The van der Waals surface area contributed by atoms with Crippen molar-refractivity contribution in [3.05, 3.63) is 71.5 Å². The monoisotopic (exact) mass is 392 g/mol. The highest BCUT2D eigenvalue weighted by Gasteiger charge is 2.11. The van der Waals surface area contributed by atoms with Gasteiger partial charge in [0.1, 0.15) is 17.2 Å². The maximum absolute atomic E-state index is 12.6. The summed E-state index contributed by atoms with van der Waals surface area (Å²) >= 11 is 0. The maximum atomic E-state index is 12.6. The Morgan fingerprint density at radius 2 is 1.83 bits per heavy atom. The van der Waals surface area contributed by atoms with Gasteiger partial charge in [-0.15, -0.1) is 0 Å². The number of aryl methyl sites for hydroxylation is 1. The van der Waals surface area contributed by atoms with Crippen molar-refractivity contribution in [1.29, 1.82) is 0 Å². The summed E-state index contributed by atoms with van der Waals surface area (Å²) < 4.78 is 10.6. The van der Waals surface area contributed by atoms with Crippen LogP contribution in [0, 0.1) is 6.92 Å². The minimum atomic E-state index is -0.251. The molecule has 0 radical (unpaired) electrons. The van der Waals surface area contributed by atoms with E-state index in [1.54, 1.807) is 20.3 Å². The van der Waals surface area contributed by atoms with Crippen LogP contribution in [-0.4, -0.2) is 36.6 Å². The van der Waals surface area contributed by atoms with E-state index in [0.29, 0.717) is 30.3 Å². The lowest BCUT2D eigenvalue weighted by atomic mass is 10.1. The molecule has 0 saturated carbocycles. The fourth-order valence-corrected chi connectivity index (χ4v) is 2.88. The first-order valence-electron chi connectivity index (χ1n) is 9.26. The van der Waals surface area contributed by atoms with Gasteiger partial charge in [-0.05, 0) is 43.2 Å². The molecule has 29 heavy (non-hydrogen) atoms. The van der Waals surface area contributed by atoms with Gasteiger partial charge >= 0.3 is 0 Å². The third-order valence-corrected chi connectivity index (χ3v) is 4.29. The summed E-state index contributed by atoms with van der Waals surface area (Å²) in [6.45, 7) is 2.30. The number of para-hydroxylation sites is 1. The van der Waals surface area contributed by atoms with Crippen LogP contribution in [0.2, 0.25) is 0 Å². The summed E-state index contributed by atoms with van der Waals surface area (Å²) in [4.78, 5) is 21.3. The van der Waals surface area contributed by atoms with E-state index in [4.69, 9.17) is 9.47 Å². The number of amides is 1. The van der Waals surface area contributed by atoms with Crippen molar-refractivity contribution in [2.45, 2.75) is 13.3 Å². The predicted octanol–water partition coefficient (Wildman–Crippen LogP) is 3.52. The van der Waals surface area contributed by atoms with E-state index in [9.17, 15) is 4.79 Å². The molecule has 0 atom stereocenters. The Hall–Kier alpha value is -3.61. The van der Waals surface area contributed by atoms with Crippen LogP contribution in [0.4, 0.5) is 11.6 Å². The van der Waals surface area contributed by atoms with Gasteiger partial charge in [0.05, 0.1) is 14.2 Å². The van der Waals surface area contributed by atoms with Crippen molar-refractivity contribution < 1.29 is 14.3 Å². The van der Waals surface area contributed by atoms with E-state index in [2.05, 4.69) is 20.6 Å². The van der Waals surface area contributed by atoms with Gasteiger partial charge in [-0.25, -0.2) is 9.97 Å². The fourth-order valence-electron chi connectivity index (χ4n) is 2.88. The number of methoxy groups -OCH3 is 2. The number of benzene rings is 2. The number of hydrogen-bond donors (Lipinski definition) is 2. The molecule has 3 rings (SSSR count). The van der Waals surface area contributed by atoms with Crippen LogP contribution in [0.25, 0.3) is 0 Å². The van der Waals surface area contributed by atoms with Crippen molar-refractivity contribution in [3.8, 4) is 11.5 Å². The fraction of sp³-hybridized carbons (Fsp3) is 0.227. The highest BCUT2D eigenvalue weighted by atomic mass is 16.5. The Kier molecular flexibility index (Phi) is 6.63. The molecule has 2 N–H and O–H groups in total. The van der Waals surface area contributed by atoms with Crippen molar-refractivity contribution >= 4 is 17.5 Å². The number of rotatable bonds is 8. The van der Waals surface area contributed by atoms with Crippen molar-refractivity contribution in [2.75, 3.05) is 26.1 Å². The number of hydrogen-bond acceptors (Lipinski definition) is 6. The highest BCUT2D eigenvalue weighted by molar-refractivity contribution is 5.92. The first kappa shape index (κ1) is 20.1. The van der Waals surface area contributed by atoms with Gasteiger partial charge in [-0.3, -0.25) is 4.79 Å². The molecule has 1 amide bonds. The second kappa shape index (κ2) is 9.54. The van der Waals surface area contributed by atoms with E-state index >= 15 is 0 Å². The molecule has 0 fully saturated rings. The van der Waals surface area contributed by atoms with E-state index in [0.717, 1.165) is 22.7 Å². The molecule has 0 aliphatic carbocycles. The normalized spacial score (nSPS) is 10.3. The molecular weight excluding hydrogens is 368 g/mol. The molecule has 0 unspecified atom stereocenters. The third kappa shape index (κ3) is 5.44. The molecule has 2 aromatic carbocycles. The van der Waals surface area contributed by atoms with E-state index in [-0.39, 0.29) is 5.91 Å². The number of nitrogens with zero attached hydrogens (tertiary/aromatic N) is 2. The second-order valence-electron chi connectivity index (χ2n) is 6.39. The van der Waals surface area contributed by atoms with Gasteiger partial charge in [0, 0.05) is 24.0 Å².